The van der Waals surface area contributed by atoms with Crippen LogP contribution in [0.25, 0.3) is 6.08 Å². The Bertz CT molecular complexity index is 1550. The van der Waals surface area contributed by atoms with E-state index in [9.17, 15) is 19.1 Å². The van der Waals surface area contributed by atoms with Gasteiger partial charge >= 0.3 is 0 Å². The highest BCUT2D eigenvalue weighted by atomic mass is 32.2. The van der Waals surface area contributed by atoms with Crippen molar-refractivity contribution in [3.05, 3.63) is 124 Å². The van der Waals surface area contributed by atoms with E-state index >= 15 is 0 Å². The van der Waals surface area contributed by atoms with Gasteiger partial charge in [-0.2, -0.15) is 0 Å². The highest BCUT2D eigenvalue weighted by Gasteiger charge is 2.45. The zero-order chi connectivity index (χ0) is 26.6. The molecule has 0 fully saturated rings. The number of carbonyl (C=O) groups excluding carboxylic acids is 2. The highest BCUT2D eigenvalue weighted by molar-refractivity contribution is 8.00. The topological polar surface area (TPSA) is 83.4 Å². The summed E-state index contributed by atoms with van der Waals surface area (Å²) in [6.07, 6.45) is 3.00. The van der Waals surface area contributed by atoms with Crippen LogP contribution in [-0.2, 0) is 15.3 Å². The number of aliphatic hydroxyl groups excluding tert-OH is 1. The van der Waals surface area contributed by atoms with Gasteiger partial charge in [0.1, 0.15) is 5.82 Å². The molecular formula is C29H22FN3O3S2. The van der Waals surface area contributed by atoms with Gasteiger partial charge in [0.15, 0.2) is 15.9 Å². The maximum Gasteiger partial charge on any atom is 0.296 e. The molecule has 3 aromatic carbocycles. The van der Waals surface area contributed by atoms with E-state index in [1.54, 1.807) is 24.3 Å². The second-order valence-corrected chi connectivity index (χ2v) is 10.8. The molecule has 0 saturated carbocycles. The predicted molar refractivity (Wildman–Crippen MR) is 147 cm³/mol. The molecule has 0 aliphatic carbocycles. The summed E-state index contributed by atoms with van der Waals surface area (Å²) in [5.74, 6) is -1.79. The maximum absolute atomic E-state index is 14.0. The van der Waals surface area contributed by atoms with Gasteiger partial charge in [0.2, 0.25) is 5.13 Å². The summed E-state index contributed by atoms with van der Waals surface area (Å²) in [4.78, 5) is 27.9. The average Bonchev–Trinajstić information content (AvgIpc) is 3.50. The Labute approximate surface area is 227 Å². The third kappa shape index (κ3) is 5.29. The molecule has 0 spiro atoms. The third-order valence-electron chi connectivity index (χ3n) is 6.00. The van der Waals surface area contributed by atoms with Crippen LogP contribution in [0.15, 0.2) is 101 Å². The summed E-state index contributed by atoms with van der Waals surface area (Å²) in [6, 6.07) is 22.3. The molecule has 1 aromatic heterocycles. The lowest BCUT2D eigenvalue weighted by Crippen LogP contribution is -2.30. The Morgan fingerprint density at radius 1 is 1.05 bits per heavy atom. The first-order valence-corrected chi connectivity index (χ1v) is 13.5. The van der Waals surface area contributed by atoms with Crippen LogP contribution >= 0.6 is 23.1 Å². The minimum absolute atomic E-state index is 0.0261. The van der Waals surface area contributed by atoms with Gasteiger partial charge in [-0.25, -0.2) is 4.39 Å². The van der Waals surface area contributed by atoms with Gasteiger partial charge in [-0.15, -0.1) is 10.2 Å². The summed E-state index contributed by atoms with van der Waals surface area (Å²) in [5.41, 5.74) is 2.98. The van der Waals surface area contributed by atoms with Crippen molar-refractivity contribution in [3.8, 4) is 0 Å². The Morgan fingerprint density at radius 3 is 2.50 bits per heavy atom. The molecule has 1 atom stereocenters. The number of amides is 1. The van der Waals surface area contributed by atoms with Crippen molar-refractivity contribution in [2.45, 2.75) is 23.1 Å². The van der Waals surface area contributed by atoms with Crippen LogP contribution in [0.1, 0.15) is 28.3 Å². The second kappa shape index (κ2) is 11.1. The minimum atomic E-state index is -0.881. The van der Waals surface area contributed by atoms with Crippen LogP contribution in [0.3, 0.4) is 0 Å². The van der Waals surface area contributed by atoms with Gasteiger partial charge in [0, 0.05) is 5.75 Å². The number of thioether (sulfide) groups is 1. The number of ketones is 1. The number of aromatic nitrogens is 2. The van der Waals surface area contributed by atoms with Crippen molar-refractivity contribution in [2.24, 2.45) is 0 Å². The van der Waals surface area contributed by atoms with Gasteiger partial charge in [-0.05, 0) is 35.8 Å². The molecule has 5 rings (SSSR count). The second-order valence-electron chi connectivity index (χ2n) is 8.59. The number of allylic oxidation sites excluding steroid dienone is 1. The number of aliphatic hydroxyl groups is 1. The molecule has 6 nitrogen and oxygen atoms in total. The highest BCUT2D eigenvalue weighted by Crippen LogP contribution is 2.43. The lowest BCUT2D eigenvalue weighted by molar-refractivity contribution is -0.117. The van der Waals surface area contributed by atoms with E-state index in [-0.39, 0.29) is 16.5 Å². The summed E-state index contributed by atoms with van der Waals surface area (Å²) in [5, 5.41) is 19.5. The molecule has 1 aliphatic heterocycles. The van der Waals surface area contributed by atoms with E-state index in [2.05, 4.69) is 10.2 Å². The zero-order valence-corrected chi connectivity index (χ0v) is 21.9. The maximum atomic E-state index is 14.0. The summed E-state index contributed by atoms with van der Waals surface area (Å²) >= 11 is 2.44. The molecule has 1 amide bonds. The van der Waals surface area contributed by atoms with Crippen LogP contribution < -0.4 is 4.90 Å². The van der Waals surface area contributed by atoms with E-state index < -0.39 is 23.5 Å². The van der Waals surface area contributed by atoms with Crippen molar-refractivity contribution in [1.82, 2.24) is 10.2 Å². The third-order valence-corrected chi connectivity index (χ3v) is 8.11. The fourth-order valence-corrected chi connectivity index (χ4v) is 5.91. The standard InChI is InChI=1S/C29H22FN3O3S2/c1-18-11-14-20(15-12-18)25-24(23(34)16-13-19-7-3-2-4-8-19)26(35)27(36)33(25)28-31-32-29(38-28)37-17-21-9-5-6-10-22(21)30/h2-16,25,35H,17H2,1H3. The fraction of sp³-hybridized carbons (Fsp3) is 0.103. The lowest BCUT2D eigenvalue weighted by Gasteiger charge is -2.23. The van der Waals surface area contributed by atoms with E-state index in [0.29, 0.717) is 21.2 Å². The van der Waals surface area contributed by atoms with Crippen LogP contribution in [0, 0.1) is 12.7 Å². The lowest BCUT2D eigenvalue weighted by atomic mass is 9.95. The number of hydrogen-bond donors (Lipinski definition) is 1. The normalized spacial score (nSPS) is 15.6. The van der Waals surface area contributed by atoms with E-state index in [4.69, 9.17) is 0 Å². The Kier molecular flexibility index (Phi) is 7.48. The molecule has 190 valence electrons. The fourth-order valence-electron chi connectivity index (χ4n) is 4.06. The number of carbonyl (C=O) groups is 2. The van der Waals surface area contributed by atoms with E-state index in [1.807, 2.05) is 61.5 Å². The van der Waals surface area contributed by atoms with Gasteiger partial charge < -0.3 is 5.11 Å². The van der Waals surface area contributed by atoms with Crippen molar-refractivity contribution >= 4 is 46.0 Å². The molecule has 4 aromatic rings. The number of benzene rings is 3. The number of nitrogens with zero attached hydrogens (tertiary/aromatic N) is 3. The van der Waals surface area contributed by atoms with Gasteiger partial charge in [0.05, 0.1) is 11.6 Å². The van der Waals surface area contributed by atoms with Crippen LogP contribution in [0.4, 0.5) is 9.52 Å². The number of aryl methyl sites for hydroxylation is 1. The first-order chi connectivity index (χ1) is 18.4. The van der Waals surface area contributed by atoms with Crippen molar-refractivity contribution in [1.29, 1.82) is 0 Å². The number of anilines is 1. The smallest absolute Gasteiger partial charge is 0.296 e. The van der Waals surface area contributed by atoms with Crippen LogP contribution in [0.2, 0.25) is 0 Å². The Balaban J connectivity index is 1.46. The largest absolute Gasteiger partial charge is 0.503 e. The van der Waals surface area contributed by atoms with Crippen molar-refractivity contribution in [2.75, 3.05) is 4.90 Å². The molecule has 0 radical (unpaired) electrons. The minimum Gasteiger partial charge on any atom is -0.503 e. The number of hydrogen-bond acceptors (Lipinski definition) is 7. The molecule has 1 N–H and O–H groups in total. The van der Waals surface area contributed by atoms with E-state index in [0.717, 1.165) is 22.5 Å². The van der Waals surface area contributed by atoms with Crippen LogP contribution in [-0.4, -0.2) is 27.0 Å². The Hall–Kier alpha value is -4.08. The zero-order valence-electron chi connectivity index (χ0n) is 20.2. The predicted octanol–water partition coefficient (Wildman–Crippen LogP) is 6.46. The van der Waals surface area contributed by atoms with Gasteiger partial charge in [0.25, 0.3) is 5.91 Å². The number of rotatable bonds is 8. The SMILES string of the molecule is Cc1ccc(C2C(C(=O)C=Cc3ccccc3)=C(O)C(=O)N2c2nnc(SCc3ccccc3F)s2)cc1. The molecule has 0 bridgehead atoms. The van der Waals surface area contributed by atoms with Crippen molar-refractivity contribution in [3.63, 3.8) is 0 Å². The quantitative estimate of drug-likeness (QED) is 0.156. The molecule has 0 saturated heterocycles. The molecular weight excluding hydrogens is 521 g/mol. The molecule has 9 heteroatoms. The van der Waals surface area contributed by atoms with Gasteiger partial charge in [-0.3, -0.25) is 14.5 Å². The molecule has 2 heterocycles. The van der Waals surface area contributed by atoms with E-state index in [1.165, 1.54) is 28.8 Å². The Morgan fingerprint density at radius 2 is 1.76 bits per heavy atom. The monoisotopic (exact) mass is 543 g/mol. The summed E-state index contributed by atoms with van der Waals surface area (Å²) < 4.78 is 14.6. The first-order valence-electron chi connectivity index (χ1n) is 11.7. The average molecular weight is 544 g/mol. The molecule has 1 aliphatic rings. The van der Waals surface area contributed by atoms with Crippen molar-refractivity contribution < 1.29 is 19.1 Å². The first kappa shape index (κ1) is 25.6. The van der Waals surface area contributed by atoms with Gasteiger partial charge in [-0.1, -0.05) is 108 Å². The summed E-state index contributed by atoms with van der Waals surface area (Å²) in [7, 11) is 0. The number of halogens is 1. The van der Waals surface area contributed by atoms with Crippen LogP contribution in [0.5, 0.6) is 0 Å². The molecule has 1 unspecified atom stereocenters. The molecule has 38 heavy (non-hydrogen) atoms. The summed E-state index contributed by atoms with van der Waals surface area (Å²) in [6.45, 7) is 1.94.